The fraction of sp³-hybridized carbons (Fsp3) is 0.364. The Hall–Kier alpha value is -1.70. The molecule has 4 nitrogen and oxygen atoms in total. The first-order valence-electron chi connectivity index (χ1n) is 5.27. The molecule has 2 rings (SSSR count). The Labute approximate surface area is 117 Å². The van der Waals surface area contributed by atoms with Crippen molar-refractivity contribution in [3.8, 4) is 5.75 Å². The summed E-state index contributed by atoms with van der Waals surface area (Å²) in [5, 5.41) is 2.43. The molecule has 0 radical (unpaired) electrons. The molecule has 1 aromatic carbocycles. The van der Waals surface area contributed by atoms with Gasteiger partial charge in [0.05, 0.1) is 6.04 Å². The molecule has 1 aliphatic heterocycles. The Morgan fingerprint density at radius 2 is 2.10 bits per heavy atom. The summed E-state index contributed by atoms with van der Waals surface area (Å²) in [6.07, 6.45) is -9.12. The number of alkyl carbamates (subject to hydrolysis) is 1. The number of nitrogens with one attached hydrogen (secondary N) is 1. The van der Waals surface area contributed by atoms with Crippen LogP contribution in [0.4, 0.5) is 22.4 Å². The minimum atomic E-state index is -4.56. The van der Waals surface area contributed by atoms with E-state index in [0.29, 0.717) is 5.56 Å². The molecule has 1 saturated heterocycles. The van der Waals surface area contributed by atoms with Crippen LogP contribution in [0, 0.1) is 0 Å². The summed E-state index contributed by atoms with van der Waals surface area (Å²) in [7, 11) is 0. The number of benzene rings is 1. The van der Waals surface area contributed by atoms with Gasteiger partial charge in [0.2, 0.25) is 0 Å². The molecule has 0 saturated carbocycles. The highest BCUT2D eigenvalue weighted by molar-refractivity contribution is 5.85. The monoisotopic (exact) mass is 315 g/mol. The number of carbonyl (C=O) groups is 1. The minimum Gasteiger partial charge on any atom is -0.447 e. The molecule has 1 N–H and O–H groups in total. The lowest BCUT2D eigenvalue weighted by molar-refractivity contribution is -0.253. The van der Waals surface area contributed by atoms with E-state index in [0.717, 1.165) is 12.1 Å². The number of hydrogen-bond donors (Lipinski definition) is 1. The molecule has 0 aliphatic carbocycles. The summed E-state index contributed by atoms with van der Waals surface area (Å²) in [5.74, 6) is -0.413. The highest BCUT2D eigenvalue weighted by Crippen LogP contribution is 2.29. The second kappa shape index (κ2) is 6.17. The van der Waals surface area contributed by atoms with Crippen LogP contribution in [0.25, 0.3) is 0 Å². The first-order valence-corrected chi connectivity index (χ1v) is 5.27. The van der Waals surface area contributed by atoms with Crippen LogP contribution in [0.1, 0.15) is 11.6 Å². The van der Waals surface area contributed by atoms with Gasteiger partial charge >= 0.3 is 18.6 Å². The van der Waals surface area contributed by atoms with Crippen molar-refractivity contribution in [2.24, 2.45) is 0 Å². The maximum absolute atomic E-state index is 12.7. The van der Waals surface area contributed by atoms with Gasteiger partial charge in [-0.2, -0.15) is 17.6 Å². The van der Waals surface area contributed by atoms with Crippen LogP contribution in [0.5, 0.6) is 5.75 Å². The van der Waals surface area contributed by atoms with Crippen molar-refractivity contribution in [1.29, 1.82) is 0 Å². The van der Waals surface area contributed by atoms with Gasteiger partial charge in [0.15, 0.2) is 0 Å². The lowest BCUT2D eigenvalue weighted by atomic mass is 10.1. The Bertz CT molecular complexity index is 486. The summed E-state index contributed by atoms with van der Waals surface area (Å²) in [6.45, 7) is 0.0352. The van der Waals surface area contributed by atoms with Crippen LogP contribution >= 0.6 is 12.4 Å². The van der Waals surface area contributed by atoms with Crippen LogP contribution < -0.4 is 10.1 Å². The first kappa shape index (κ1) is 16.4. The molecular formula is C11H10ClF4NO3. The van der Waals surface area contributed by atoms with Crippen LogP contribution in [-0.4, -0.2) is 25.2 Å². The summed E-state index contributed by atoms with van der Waals surface area (Å²) in [4.78, 5) is 10.8. The van der Waals surface area contributed by atoms with Crippen molar-refractivity contribution >= 4 is 18.5 Å². The van der Waals surface area contributed by atoms with Gasteiger partial charge in [-0.1, -0.05) is 12.1 Å². The summed E-state index contributed by atoms with van der Waals surface area (Å²) in [5.41, 5.74) is 0.424. The van der Waals surface area contributed by atoms with E-state index in [1.807, 2.05) is 0 Å². The maximum Gasteiger partial charge on any atom is 0.461 e. The molecular weight excluding hydrogens is 306 g/mol. The van der Waals surface area contributed by atoms with E-state index in [2.05, 4.69) is 14.8 Å². The zero-order valence-electron chi connectivity index (χ0n) is 9.82. The third-order valence-electron chi connectivity index (χ3n) is 2.44. The van der Waals surface area contributed by atoms with E-state index in [1.165, 1.54) is 12.1 Å². The smallest absolute Gasteiger partial charge is 0.447 e. The summed E-state index contributed by atoms with van der Waals surface area (Å²) >= 11 is 0. The van der Waals surface area contributed by atoms with E-state index in [9.17, 15) is 22.4 Å². The van der Waals surface area contributed by atoms with E-state index < -0.39 is 30.4 Å². The summed E-state index contributed by atoms with van der Waals surface area (Å²) < 4.78 is 58.1. The fourth-order valence-corrected chi connectivity index (χ4v) is 1.56. The van der Waals surface area contributed by atoms with Crippen LogP contribution in [0.2, 0.25) is 0 Å². The zero-order valence-corrected chi connectivity index (χ0v) is 10.6. The molecule has 9 heteroatoms. The van der Waals surface area contributed by atoms with E-state index >= 15 is 0 Å². The molecule has 0 aromatic heterocycles. The third kappa shape index (κ3) is 3.66. The lowest BCUT2D eigenvalue weighted by Gasteiger charge is -2.17. The predicted molar refractivity (Wildman–Crippen MR) is 62.5 cm³/mol. The third-order valence-corrected chi connectivity index (χ3v) is 2.44. The Morgan fingerprint density at radius 3 is 2.65 bits per heavy atom. The highest BCUT2D eigenvalue weighted by atomic mass is 35.5. The van der Waals surface area contributed by atoms with Gasteiger partial charge in [-0.15, -0.1) is 12.4 Å². The topological polar surface area (TPSA) is 47.6 Å². The second-order valence-corrected chi connectivity index (χ2v) is 3.83. The average molecular weight is 316 g/mol. The SMILES string of the molecule is Cl.O=C1N[C@@H](c2cccc(OC(F)(F)C(F)F)c2)CO1. The van der Waals surface area contributed by atoms with Gasteiger partial charge in [0.25, 0.3) is 0 Å². The fourth-order valence-electron chi connectivity index (χ4n) is 1.56. The van der Waals surface area contributed by atoms with Gasteiger partial charge in [0.1, 0.15) is 12.4 Å². The first-order chi connectivity index (χ1) is 8.88. The minimum absolute atomic E-state index is 0. The number of cyclic esters (lactones) is 1. The zero-order chi connectivity index (χ0) is 14.0. The van der Waals surface area contributed by atoms with Crippen molar-refractivity contribution in [3.05, 3.63) is 29.8 Å². The number of hydrogen-bond acceptors (Lipinski definition) is 3. The molecule has 0 unspecified atom stereocenters. The highest BCUT2D eigenvalue weighted by Gasteiger charge is 2.44. The molecule has 20 heavy (non-hydrogen) atoms. The molecule has 1 heterocycles. The Kier molecular flexibility index (Phi) is 5.04. The van der Waals surface area contributed by atoms with Gasteiger partial charge in [0, 0.05) is 0 Å². The molecule has 1 atom stereocenters. The Morgan fingerprint density at radius 1 is 1.40 bits per heavy atom. The van der Waals surface area contributed by atoms with E-state index in [1.54, 1.807) is 0 Å². The van der Waals surface area contributed by atoms with E-state index in [-0.39, 0.29) is 19.0 Å². The molecule has 1 aromatic rings. The number of ether oxygens (including phenoxy) is 2. The van der Waals surface area contributed by atoms with Crippen molar-refractivity contribution < 1.29 is 31.8 Å². The van der Waals surface area contributed by atoms with Crippen LogP contribution in [-0.2, 0) is 4.74 Å². The number of rotatable bonds is 4. The summed E-state index contributed by atoms with van der Waals surface area (Å²) in [6, 6.07) is 4.65. The van der Waals surface area contributed by atoms with Crippen molar-refractivity contribution in [3.63, 3.8) is 0 Å². The maximum atomic E-state index is 12.7. The number of amides is 1. The van der Waals surface area contributed by atoms with Crippen LogP contribution in [0.15, 0.2) is 24.3 Å². The molecule has 1 aliphatic rings. The van der Waals surface area contributed by atoms with Crippen molar-refractivity contribution in [1.82, 2.24) is 5.32 Å². The average Bonchev–Trinajstić information content (AvgIpc) is 2.75. The Balaban J connectivity index is 0.00000200. The van der Waals surface area contributed by atoms with Crippen LogP contribution in [0.3, 0.4) is 0 Å². The second-order valence-electron chi connectivity index (χ2n) is 3.83. The van der Waals surface area contributed by atoms with Crippen molar-refractivity contribution in [2.75, 3.05) is 6.61 Å². The number of halogens is 5. The van der Waals surface area contributed by atoms with Gasteiger partial charge in [-0.25, -0.2) is 4.79 Å². The van der Waals surface area contributed by atoms with Crippen molar-refractivity contribution in [2.45, 2.75) is 18.6 Å². The molecule has 1 fully saturated rings. The predicted octanol–water partition coefficient (Wildman–Crippen LogP) is 3.13. The number of alkyl halides is 4. The molecule has 0 spiro atoms. The van der Waals surface area contributed by atoms with Gasteiger partial charge < -0.3 is 14.8 Å². The van der Waals surface area contributed by atoms with E-state index in [4.69, 9.17) is 0 Å². The molecule has 112 valence electrons. The van der Waals surface area contributed by atoms with Gasteiger partial charge in [-0.3, -0.25) is 0 Å². The number of carbonyl (C=O) groups excluding carboxylic acids is 1. The molecule has 0 bridgehead atoms. The molecule has 1 amide bonds. The van der Waals surface area contributed by atoms with Gasteiger partial charge in [-0.05, 0) is 17.7 Å². The normalized spacial score (nSPS) is 18.2. The standard InChI is InChI=1S/C11H9F4NO3.ClH/c12-9(13)11(14,15)19-7-3-1-2-6(4-7)8-5-18-10(17)16-8;/h1-4,8-9H,5H2,(H,16,17);1H/t8-;/m1./s1. The quantitative estimate of drug-likeness (QED) is 0.868. The largest absolute Gasteiger partial charge is 0.461 e. The lowest BCUT2D eigenvalue weighted by Crippen LogP contribution is -2.33.